The van der Waals surface area contributed by atoms with Crippen LogP contribution >= 0.6 is 0 Å². The quantitative estimate of drug-likeness (QED) is 0.331. The number of benzene rings is 1. The number of hydrazone groups is 1. The maximum absolute atomic E-state index is 10.8. The SMILES string of the molecule is O=[N+]([O-])c1ccc(Nc2nc(N/N=C/c3cccnc3)nc(N3CCOCC3)n2)cc1. The number of aromatic nitrogens is 4. The molecule has 1 saturated heterocycles. The van der Waals surface area contributed by atoms with E-state index in [1.165, 1.54) is 12.1 Å². The van der Waals surface area contributed by atoms with Crippen molar-refractivity contribution in [2.45, 2.75) is 0 Å². The molecule has 1 aliphatic rings. The molecule has 0 bridgehead atoms. The van der Waals surface area contributed by atoms with Crippen LogP contribution in [0.25, 0.3) is 0 Å². The van der Waals surface area contributed by atoms with E-state index in [0.29, 0.717) is 37.9 Å². The Labute approximate surface area is 177 Å². The predicted octanol–water partition coefficient (Wildman–Crippen LogP) is 2.20. The van der Waals surface area contributed by atoms with Crippen LogP contribution in [0.15, 0.2) is 53.9 Å². The van der Waals surface area contributed by atoms with Gasteiger partial charge in [0.25, 0.3) is 5.69 Å². The minimum Gasteiger partial charge on any atom is -0.378 e. The topological polar surface area (TPSA) is 144 Å². The Bertz CT molecular complexity index is 1050. The molecule has 1 aliphatic heterocycles. The lowest BCUT2D eigenvalue weighted by Gasteiger charge is -2.27. The third kappa shape index (κ3) is 5.45. The highest BCUT2D eigenvalue weighted by atomic mass is 16.6. The standard InChI is InChI=1S/C19H19N9O3/c29-28(30)16-5-3-15(4-6-16)22-17-23-18(26-21-13-14-2-1-7-20-12-14)25-19(24-17)27-8-10-31-11-9-27/h1-7,12-13H,8-11H2,(H2,22,23,24,25,26)/b21-13+. The lowest BCUT2D eigenvalue weighted by molar-refractivity contribution is -0.384. The van der Waals surface area contributed by atoms with Gasteiger partial charge >= 0.3 is 0 Å². The van der Waals surface area contributed by atoms with Crippen LogP contribution in [0, 0.1) is 10.1 Å². The first-order valence-corrected chi connectivity index (χ1v) is 9.47. The fraction of sp³-hybridized carbons (Fsp3) is 0.211. The predicted molar refractivity (Wildman–Crippen MR) is 115 cm³/mol. The monoisotopic (exact) mass is 421 g/mol. The van der Waals surface area contributed by atoms with Crippen LogP contribution in [0.4, 0.5) is 29.2 Å². The molecule has 31 heavy (non-hydrogen) atoms. The maximum Gasteiger partial charge on any atom is 0.269 e. The minimum absolute atomic E-state index is 0.00213. The summed E-state index contributed by atoms with van der Waals surface area (Å²) in [6, 6.07) is 9.67. The van der Waals surface area contributed by atoms with Crippen molar-refractivity contribution in [3.8, 4) is 0 Å². The van der Waals surface area contributed by atoms with E-state index in [9.17, 15) is 10.1 Å². The average Bonchev–Trinajstić information content (AvgIpc) is 2.81. The number of nitro groups is 1. The zero-order chi connectivity index (χ0) is 21.5. The molecule has 0 aliphatic carbocycles. The second-order valence-corrected chi connectivity index (χ2v) is 6.47. The van der Waals surface area contributed by atoms with Gasteiger partial charge in [0.15, 0.2) is 0 Å². The van der Waals surface area contributed by atoms with Gasteiger partial charge < -0.3 is 15.0 Å². The first-order chi connectivity index (χ1) is 15.2. The van der Waals surface area contributed by atoms with Crippen molar-refractivity contribution < 1.29 is 9.66 Å². The van der Waals surface area contributed by atoms with E-state index < -0.39 is 4.92 Å². The molecule has 0 saturated carbocycles. The van der Waals surface area contributed by atoms with Crippen LogP contribution in [0.3, 0.4) is 0 Å². The first-order valence-electron chi connectivity index (χ1n) is 9.47. The Hall–Kier alpha value is -4.19. The molecule has 2 aromatic heterocycles. The number of non-ortho nitro benzene ring substituents is 1. The number of hydrogen-bond donors (Lipinski definition) is 2. The highest BCUT2D eigenvalue weighted by Crippen LogP contribution is 2.21. The number of nitrogens with zero attached hydrogens (tertiary/aromatic N) is 7. The summed E-state index contributed by atoms with van der Waals surface area (Å²) in [6.45, 7) is 2.47. The Morgan fingerprint density at radius 2 is 1.87 bits per heavy atom. The fourth-order valence-electron chi connectivity index (χ4n) is 2.79. The molecule has 4 rings (SSSR count). The van der Waals surface area contributed by atoms with E-state index in [2.05, 4.69) is 35.8 Å². The number of ether oxygens (including phenoxy) is 1. The van der Waals surface area contributed by atoms with E-state index in [4.69, 9.17) is 4.74 Å². The number of anilines is 4. The van der Waals surface area contributed by atoms with Gasteiger partial charge in [0, 0.05) is 48.9 Å². The first kappa shape index (κ1) is 20.1. The number of rotatable bonds is 7. The highest BCUT2D eigenvalue weighted by molar-refractivity contribution is 5.79. The molecule has 1 aromatic carbocycles. The largest absolute Gasteiger partial charge is 0.378 e. The van der Waals surface area contributed by atoms with Crippen molar-refractivity contribution in [2.24, 2.45) is 5.10 Å². The van der Waals surface area contributed by atoms with E-state index in [0.717, 1.165) is 5.56 Å². The number of nitro benzene ring substituents is 1. The van der Waals surface area contributed by atoms with E-state index in [-0.39, 0.29) is 17.6 Å². The van der Waals surface area contributed by atoms with Gasteiger partial charge in [0.2, 0.25) is 17.8 Å². The number of morpholine rings is 1. The Balaban J connectivity index is 1.56. The van der Waals surface area contributed by atoms with Crippen LogP contribution in [-0.2, 0) is 4.74 Å². The minimum atomic E-state index is -0.453. The van der Waals surface area contributed by atoms with Gasteiger partial charge in [-0.05, 0) is 18.2 Å². The van der Waals surface area contributed by atoms with Crippen LogP contribution in [-0.4, -0.2) is 57.4 Å². The third-order valence-electron chi connectivity index (χ3n) is 4.31. The fourth-order valence-corrected chi connectivity index (χ4v) is 2.79. The summed E-state index contributed by atoms with van der Waals surface area (Å²) in [5, 5.41) is 18.1. The number of pyridine rings is 1. The van der Waals surface area contributed by atoms with Crippen molar-refractivity contribution in [2.75, 3.05) is 41.9 Å². The summed E-state index contributed by atoms with van der Waals surface area (Å²) in [5.41, 5.74) is 4.24. The zero-order valence-corrected chi connectivity index (χ0v) is 16.4. The molecule has 158 valence electrons. The second-order valence-electron chi connectivity index (χ2n) is 6.47. The summed E-state index contributed by atoms with van der Waals surface area (Å²) in [5.74, 6) is 1.01. The van der Waals surface area contributed by atoms with Gasteiger partial charge in [-0.3, -0.25) is 15.1 Å². The van der Waals surface area contributed by atoms with Gasteiger partial charge in [-0.1, -0.05) is 6.07 Å². The Morgan fingerprint density at radius 1 is 1.10 bits per heavy atom. The summed E-state index contributed by atoms with van der Waals surface area (Å²) < 4.78 is 5.39. The van der Waals surface area contributed by atoms with Crippen LogP contribution in [0.2, 0.25) is 0 Å². The molecule has 3 aromatic rings. The summed E-state index contributed by atoms with van der Waals surface area (Å²) >= 11 is 0. The van der Waals surface area contributed by atoms with Gasteiger partial charge in [-0.25, -0.2) is 5.43 Å². The Kier molecular flexibility index (Phi) is 6.18. The van der Waals surface area contributed by atoms with E-state index in [1.54, 1.807) is 30.7 Å². The summed E-state index contributed by atoms with van der Waals surface area (Å²) in [4.78, 5) is 29.7. The van der Waals surface area contributed by atoms with Crippen molar-refractivity contribution >= 4 is 35.4 Å². The normalized spacial score (nSPS) is 13.9. The molecule has 0 unspecified atom stereocenters. The molecule has 0 atom stereocenters. The molecule has 1 fully saturated rings. The van der Waals surface area contributed by atoms with Gasteiger partial charge in [0.1, 0.15) is 0 Å². The van der Waals surface area contributed by atoms with Crippen molar-refractivity contribution in [3.05, 3.63) is 64.5 Å². The molecule has 0 radical (unpaired) electrons. The molecule has 12 nitrogen and oxygen atoms in total. The summed E-state index contributed by atoms with van der Waals surface area (Å²) in [7, 11) is 0. The van der Waals surface area contributed by atoms with Crippen molar-refractivity contribution in [3.63, 3.8) is 0 Å². The highest BCUT2D eigenvalue weighted by Gasteiger charge is 2.17. The summed E-state index contributed by atoms with van der Waals surface area (Å²) in [6.07, 6.45) is 4.97. The van der Waals surface area contributed by atoms with Crippen molar-refractivity contribution in [1.29, 1.82) is 0 Å². The Morgan fingerprint density at radius 3 is 2.58 bits per heavy atom. The van der Waals surface area contributed by atoms with Crippen LogP contribution in [0.5, 0.6) is 0 Å². The average molecular weight is 421 g/mol. The molecule has 12 heteroatoms. The lowest BCUT2D eigenvalue weighted by Crippen LogP contribution is -2.37. The van der Waals surface area contributed by atoms with Gasteiger partial charge in [-0.15, -0.1) is 0 Å². The van der Waals surface area contributed by atoms with Gasteiger partial charge in [-0.2, -0.15) is 20.1 Å². The molecule has 0 spiro atoms. The van der Waals surface area contributed by atoms with E-state index >= 15 is 0 Å². The molecule has 3 heterocycles. The lowest BCUT2D eigenvalue weighted by atomic mass is 10.3. The molecule has 0 amide bonds. The van der Waals surface area contributed by atoms with Crippen LogP contribution in [0.1, 0.15) is 5.56 Å². The van der Waals surface area contributed by atoms with E-state index in [1.807, 2.05) is 17.0 Å². The second kappa shape index (κ2) is 9.54. The molecule has 2 N–H and O–H groups in total. The van der Waals surface area contributed by atoms with Crippen LogP contribution < -0.4 is 15.6 Å². The smallest absolute Gasteiger partial charge is 0.269 e. The maximum atomic E-state index is 10.8. The van der Waals surface area contributed by atoms with Crippen molar-refractivity contribution in [1.82, 2.24) is 19.9 Å². The molecular formula is C19H19N9O3. The number of hydrogen-bond acceptors (Lipinski definition) is 11. The zero-order valence-electron chi connectivity index (χ0n) is 16.4. The third-order valence-corrected chi connectivity index (χ3v) is 4.31. The molecular weight excluding hydrogens is 402 g/mol. The van der Waals surface area contributed by atoms with Gasteiger partial charge in [0.05, 0.1) is 24.4 Å². The number of nitrogens with one attached hydrogen (secondary N) is 2.